The zero-order valence-corrected chi connectivity index (χ0v) is 41.6. The molecule has 16 nitrogen and oxygen atoms in total. The maximum atomic E-state index is 12.3. The van der Waals surface area contributed by atoms with E-state index in [0.29, 0.717) is 45.4 Å². The highest BCUT2D eigenvalue weighted by atomic mass is 32.2. The highest BCUT2D eigenvalue weighted by Crippen LogP contribution is 2.25. The first kappa shape index (κ1) is 56.9. The van der Waals surface area contributed by atoms with E-state index in [0.717, 1.165) is 51.5 Å². The summed E-state index contributed by atoms with van der Waals surface area (Å²) in [6.07, 6.45) is 7.69. The minimum absolute atomic E-state index is 0.0305. The van der Waals surface area contributed by atoms with Crippen LogP contribution in [0.1, 0.15) is 43.0 Å². The van der Waals surface area contributed by atoms with E-state index < -0.39 is 44.0 Å². The van der Waals surface area contributed by atoms with Gasteiger partial charge in [0, 0.05) is 31.5 Å². The molecule has 0 atom stereocenters. The summed E-state index contributed by atoms with van der Waals surface area (Å²) in [6.45, 7) is 7.76. The van der Waals surface area contributed by atoms with Gasteiger partial charge in [-0.15, -0.1) is 0 Å². The molecule has 18 heteroatoms. The van der Waals surface area contributed by atoms with E-state index in [2.05, 4.69) is 29.6 Å². The van der Waals surface area contributed by atoms with Gasteiger partial charge >= 0.3 is 16.2 Å². The van der Waals surface area contributed by atoms with Gasteiger partial charge in [-0.2, -0.15) is 8.42 Å². The number of carbonyl (C=O) groups excluding carboxylic acids is 1. The Bertz CT molecular complexity index is 2500. The molecule has 0 aliphatic rings. The van der Waals surface area contributed by atoms with Crippen LogP contribution in [0.2, 0.25) is 0 Å². The molecule has 1 amide bonds. The van der Waals surface area contributed by atoms with Crippen molar-refractivity contribution >= 4 is 57.6 Å². The van der Waals surface area contributed by atoms with Gasteiger partial charge in [-0.05, 0) is 97.6 Å². The molecular formula is C53H64FN3O13S. The van der Waals surface area contributed by atoms with Gasteiger partial charge in [0.2, 0.25) is 0 Å². The average molecular weight is 1000 g/mol. The number of carbonyl (C=O) groups is 1. The van der Waals surface area contributed by atoms with Gasteiger partial charge in [-0.25, -0.2) is 9.18 Å². The van der Waals surface area contributed by atoms with Gasteiger partial charge in [-0.3, -0.25) is 19.2 Å². The first-order chi connectivity index (χ1) is 34.2. The summed E-state index contributed by atoms with van der Waals surface area (Å²) in [6, 6.07) is 36.3. The third-order valence-electron chi connectivity index (χ3n) is 9.60. The number of rotatable bonds is 28. The molecule has 0 aromatic heterocycles. The van der Waals surface area contributed by atoms with Crippen molar-refractivity contribution < 1.29 is 59.9 Å². The van der Waals surface area contributed by atoms with Crippen LogP contribution >= 0.6 is 0 Å². The Kier molecular flexibility index (Phi) is 24.7. The van der Waals surface area contributed by atoms with Crippen LogP contribution in [-0.2, 0) is 38.0 Å². The van der Waals surface area contributed by atoms with E-state index in [4.69, 9.17) is 37.3 Å². The van der Waals surface area contributed by atoms with Crippen LogP contribution < -0.4 is 19.7 Å². The molecule has 0 heterocycles. The van der Waals surface area contributed by atoms with Crippen LogP contribution in [-0.4, -0.2) is 118 Å². The maximum Gasteiger partial charge on any atom is 0.414 e. The molecule has 0 saturated heterocycles. The summed E-state index contributed by atoms with van der Waals surface area (Å²) in [7, 11) is -0.704. The van der Waals surface area contributed by atoms with Crippen molar-refractivity contribution in [2.24, 2.45) is 0 Å². The van der Waals surface area contributed by atoms with Gasteiger partial charge < -0.3 is 38.5 Å². The maximum absolute atomic E-state index is 12.3. The SMILES string of the molecule is CN(C(=O)OC(C)(C)C)c1ccc(/C=C/c2ccc(OCCOCCOCCOS(=O)(=O)c3ccccc3[N+](=O)[O-])cc2)cc1.CNc1ccc(/C=C/c2ccc(OCCOCCOCC[18F])cc2)cc1. The molecule has 382 valence electrons. The number of anilines is 2. The third-order valence-corrected chi connectivity index (χ3v) is 11.0. The first-order valence-corrected chi connectivity index (χ1v) is 24.2. The monoisotopic (exact) mass is 1000 g/mol. The molecule has 0 bridgehead atoms. The van der Waals surface area contributed by atoms with Crippen molar-refractivity contribution in [3.05, 3.63) is 154 Å². The Morgan fingerprint density at radius 3 is 1.46 bits per heavy atom. The summed E-state index contributed by atoms with van der Waals surface area (Å²) in [5, 5.41) is 14.1. The van der Waals surface area contributed by atoms with Crippen LogP contribution in [0.5, 0.6) is 11.5 Å². The predicted octanol–water partition coefficient (Wildman–Crippen LogP) is 10.2. The number of nitrogens with one attached hydrogen (secondary N) is 1. The molecule has 5 aromatic carbocycles. The number of nitro groups is 1. The standard InChI is InChI=1S/C32H38N2O10S.C21H26FNO3/c1-32(2,3)44-31(35)33(4)27-15-11-25(12-16-27)9-10-26-13-17-28(18-14-26)42-23-21-40-19-20-41-22-24-43-45(38,39)30-8-6-5-7-29(30)34(36)37;1-23-20-8-4-18(5-9-20)2-3-19-6-10-21(11-7-19)26-17-16-25-15-14-24-13-12-22/h5-18H,19-24H2,1-4H3;2-11,23H,12-17H2,1H3/b10-9+;3-2+/i;22-1. The quantitative estimate of drug-likeness (QED) is 0.0164. The van der Waals surface area contributed by atoms with Gasteiger partial charge in [-0.1, -0.05) is 85.0 Å². The summed E-state index contributed by atoms with van der Waals surface area (Å²) in [5.74, 6) is 1.50. The van der Waals surface area contributed by atoms with Crippen molar-refractivity contribution in [3.8, 4) is 11.5 Å². The van der Waals surface area contributed by atoms with E-state index in [1.807, 2.05) is 125 Å². The van der Waals surface area contributed by atoms with E-state index in [9.17, 15) is 27.7 Å². The summed E-state index contributed by atoms with van der Waals surface area (Å²) < 4.78 is 78.9. The van der Waals surface area contributed by atoms with Gasteiger partial charge in [0.1, 0.15) is 37.0 Å². The Morgan fingerprint density at radius 1 is 0.620 bits per heavy atom. The largest absolute Gasteiger partial charge is 0.491 e. The number of hydrogen-bond acceptors (Lipinski definition) is 14. The fraction of sp³-hybridized carbons (Fsp3) is 0.340. The molecule has 0 saturated carbocycles. The lowest BCUT2D eigenvalue weighted by Gasteiger charge is -2.24. The Labute approximate surface area is 416 Å². The first-order valence-electron chi connectivity index (χ1n) is 22.8. The molecular weight excluding hydrogens is 937 g/mol. The van der Waals surface area contributed by atoms with E-state index in [1.165, 1.54) is 17.0 Å². The van der Waals surface area contributed by atoms with Crippen molar-refractivity contribution in [1.82, 2.24) is 0 Å². The molecule has 0 aliphatic carbocycles. The van der Waals surface area contributed by atoms with Crippen LogP contribution in [0.4, 0.5) is 26.2 Å². The molecule has 0 unspecified atom stereocenters. The lowest BCUT2D eigenvalue weighted by Crippen LogP contribution is -2.34. The number of para-hydroxylation sites is 1. The minimum atomic E-state index is -4.28. The van der Waals surface area contributed by atoms with Gasteiger partial charge in [0.15, 0.2) is 4.90 Å². The number of ether oxygens (including phenoxy) is 7. The van der Waals surface area contributed by atoms with Crippen molar-refractivity contribution in [3.63, 3.8) is 0 Å². The summed E-state index contributed by atoms with van der Waals surface area (Å²) in [5.41, 5.74) is 4.95. The number of nitrogens with zero attached hydrogens (tertiary/aromatic N) is 2. The van der Waals surface area contributed by atoms with Crippen molar-refractivity contribution in [1.29, 1.82) is 0 Å². The number of halogens is 1. The number of benzene rings is 5. The minimum Gasteiger partial charge on any atom is -0.491 e. The van der Waals surface area contributed by atoms with Crippen LogP contribution in [0, 0.1) is 10.1 Å². The molecule has 1 N–H and O–H groups in total. The zero-order valence-electron chi connectivity index (χ0n) is 40.8. The van der Waals surface area contributed by atoms with Gasteiger partial charge in [0.25, 0.3) is 5.69 Å². The molecule has 0 fully saturated rings. The van der Waals surface area contributed by atoms with Crippen LogP contribution in [0.3, 0.4) is 0 Å². The zero-order chi connectivity index (χ0) is 51.3. The fourth-order valence-corrected chi connectivity index (χ4v) is 7.02. The summed E-state index contributed by atoms with van der Waals surface area (Å²) >= 11 is 0. The number of alkyl halides is 1. The van der Waals surface area contributed by atoms with Crippen LogP contribution in [0.25, 0.3) is 24.3 Å². The lowest BCUT2D eigenvalue weighted by atomic mass is 10.1. The number of hydrogen-bond donors (Lipinski definition) is 1. The highest BCUT2D eigenvalue weighted by molar-refractivity contribution is 7.87. The fourth-order valence-electron chi connectivity index (χ4n) is 5.96. The second-order valence-electron chi connectivity index (χ2n) is 16.1. The molecule has 5 aromatic rings. The third kappa shape index (κ3) is 22.3. The molecule has 71 heavy (non-hydrogen) atoms. The number of nitro benzene ring substituents is 1. The highest BCUT2D eigenvalue weighted by Gasteiger charge is 2.26. The van der Waals surface area contributed by atoms with E-state index in [-0.39, 0.29) is 33.0 Å². The molecule has 0 spiro atoms. The Hall–Kier alpha value is -6.67. The van der Waals surface area contributed by atoms with E-state index in [1.54, 1.807) is 7.05 Å². The van der Waals surface area contributed by atoms with Crippen molar-refractivity contribution in [2.45, 2.75) is 31.3 Å². The smallest absolute Gasteiger partial charge is 0.414 e. The molecule has 5 rings (SSSR count). The second kappa shape index (κ2) is 30.8. The number of amides is 1. The average Bonchev–Trinajstić information content (AvgIpc) is 3.37. The van der Waals surface area contributed by atoms with Gasteiger partial charge in [0.05, 0.1) is 64.4 Å². The predicted molar refractivity (Wildman–Crippen MR) is 274 cm³/mol. The van der Waals surface area contributed by atoms with Crippen molar-refractivity contribution in [2.75, 3.05) is 104 Å². The Morgan fingerprint density at radius 2 is 1.03 bits per heavy atom. The van der Waals surface area contributed by atoms with Crippen LogP contribution in [0.15, 0.2) is 126 Å². The normalized spacial score (nSPS) is 11.5. The molecule has 0 aliphatic heterocycles. The lowest BCUT2D eigenvalue weighted by molar-refractivity contribution is -0.387. The van der Waals surface area contributed by atoms with E-state index >= 15 is 0 Å². The second-order valence-corrected chi connectivity index (χ2v) is 17.7. The molecule has 0 radical (unpaired) electrons. The summed E-state index contributed by atoms with van der Waals surface area (Å²) in [4.78, 5) is 23.5. The topological polar surface area (TPSA) is 183 Å². The Balaban J connectivity index is 0.000000356.